The van der Waals surface area contributed by atoms with E-state index in [1.54, 1.807) is 17.8 Å². The quantitative estimate of drug-likeness (QED) is 0.769. The zero-order valence-electron chi connectivity index (χ0n) is 13.0. The van der Waals surface area contributed by atoms with Crippen molar-refractivity contribution >= 4 is 17.0 Å². The Kier molecular flexibility index (Phi) is 3.67. The summed E-state index contributed by atoms with van der Waals surface area (Å²) in [6.07, 6.45) is 4.75. The summed E-state index contributed by atoms with van der Waals surface area (Å²) in [4.78, 5) is 13.0. The molecule has 2 fully saturated rings. The van der Waals surface area contributed by atoms with Crippen LogP contribution in [0, 0.1) is 0 Å². The Morgan fingerprint density at radius 2 is 1.96 bits per heavy atom. The second-order valence-corrected chi connectivity index (χ2v) is 6.38. The lowest BCUT2D eigenvalue weighted by molar-refractivity contribution is -0.0299. The number of hydrogen-bond donors (Lipinski definition) is 3. The average molecular weight is 319 g/mol. The minimum absolute atomic E-state index is 0.424. The van der Waals surface area contributed by atoms with E-state index in [1.165, 1.54) is 19.2 Å². The largest absolute Gasteiger partial charge is 0.388 e. The predicted molar refractivity (Wildman–Crippen MR) is 82.8 cm³/mol. The van der Waals surface area contributed by atoms with Crippen LogP contribution in [-0.2, 0) is 4.74 Å². The Balaban J connectivity index is 1.67. The number of rotatable bonds is 3. The number of ether oxygens (including phenoxy) is 1. The number of nitrogens with one attached hydrogen (secondary N) is 1. The van der Waals surface area contributed by atoms with Gasteiger partial charge in [-0.15, -0.1) is 0 Å². The normalized spacial score (nSPS) is 32.0. The van der Waals surface area contributed by atoms with Gasteiger partial charge < -0.3 is 20.3 Å². The van der Waals surface area contributed by atoms with Crippen molar-refractivity contribution in [1.82, 2.24) is 19.5 Å². The molecule has 124 valence electrons. The molecule has 2 aromatic rings. The van der Waals surface area contributed by atoms with Crippen molar-refractivity contribution in [3.63, 3.8) is 0 Å². The Bertz CT molecular complexity index is 699. The second-order valence-electron chi connectivity index (χ2n) is 6.38. The standard InChI is InChI=1S/C15H21N5O3/c1-8-11(21)12(22)15(23-8)20-7-18-10-13(16-6-17-14(10)20)19-9-4-2-3-5-9/h6-9,11-12,15,21-22H,2-5H2,1H3,(H,16,17,19)/t8-,11+,12-,15-/m1/s1. The summed E-state index contributed by atoms with van der Waals surface area (Å²) in [5.41, 5.74) is 1.25. The van der Waals surface area contributed by atoms with Crippen molar-refractivity contribution in [2.24, 2.45) is 0 Å². The van der Waals surface area contributed by atoms with E-state index in [0.29, 0.717) is 23.0 Å². The summed E-state index contributed by atoms with van der Waals surface area (Å²) in [5, 5.41) is 23.5. The molecule has 1 saturated heterocycles. The lowest BCUT2D eigenvalue weighted by Gasteiger charge is -2.17. The summed E-state index contributed by atoms with van der Waals surface area (Å²) >= 11 is 0. The van der Waals surface area contributed by atoms with Gasteiger partial charge in [0.2, 0.25) is 0 Å². The zero-order chi connectivity index (χ0) is 16.0. The summed E-state index contributed by atoms with van der Waals surface area (Å²) in [6.45, 7) is 1.73. The fraction of sp³-hybridized carbons (Fsp3) is 0.667. The first kappa shape index (κ1) is 14.8. The third-order valence-electron chi connectivity index (χ3n) is 4.81. The highest BCUT2D eigenvalue weighted by Gasteiger charge is 2.42. The summed E-state index contributed by atoms with van der Waals surface area (Å²) in [7, 11) is 0. The van der Waals surface area contributed by atoms with Crippen LogP contribution < -0.4 is 5.32 Å². The Labute approximate surface area is 133 Å². The van der Waals surface area contributed by atoms with Crippen molar-refractivity contribution in [2.75, 3.05) is 5.32 Å². The van der Waals surface area contributed by atoms with Crippen LogP contribution in [0.4, 0.5) is 5.82 Å². The first-order valence-electron chi connectivity index (χ1n) is 8.11. The molecule has 1 saturated carbocycles. The SMILES string of the molecule is C[C@H]1O[C@@H](n2cnc3c(NC4CCCC4)ncnc32)[C@H](O)[C@H]1O. The predicted octanol–water partition coefficient (Wildman–Crippen LogP) is 0.820. The Hall–Kier alpha value is -1.77. The van der Waals surface area contributed by atoms with Crippen molar-refractivity contribution in [3.05, 3.63) is 12.7 Å². The highest BCUT2D eigenvalue weighted by molar-refractivity contribution is 5.82. The van der Waals surface area contributed by atoms with E-state index >= 15 is 0 Å². The molecule has 8 heteroatoms. The van der Waals surface area contributed by atoms with Gasteiger partial charge in [-0.1, -0.05) is 12.8 Å². The number of aromatic nitrogens is 4. The maximum atomic E-state index is 10.2. The molecule has 4 rings (SSSR count). The van der Waals surface area contributed by atoms with E-state index in [1.807, 2.05) is 0 Å². The van der Waals surface area contributed by atoms with E-state index in [4.69, 9.17) is 4.74 Å². The Morgan fingerprint density at radius 3 is 2.65 bits per heavy atom. The lowest BCUT2D eigenvalue weighted by Crippen LogP contribution is -2.30. The van der Waals surface area contributed by atoms with Crippen LogP contribution in [0.25, 0.3) is 11.2 Å². The van der Waals surface area contributed by atoms with E-state index < -0.39 is 24.5 Å². The van der Waals surface area contributed by atoms with Crippen molar-refractivity contribution < 1.29 is 14.9 Å². The van der Waals surface area contributed by atoms with Crippen LogP contribution in [0.15, 0.2) is 12.7 Å². The molecule has 2 aliphatic rings. The number of aliphatic hydroxyl groups excluding tert-OH is 2. The third-order valence-corrected chi connectivity index (χ3v) is 4.81. The third kappa shape index (κ3) is 2.46. The molecule has 3 N–H and O–H groups in total. The van der Waals surface area contributed by atoms with Crippen molar-refractivity contribution in [3.8, 4) is 0 Å². The molecule has 0 unspecified atom stereocenters. The van der Waals surface area contributed by atoms with E-state index in [-0.39, 0.29) is 0 Å². The summed E-state index contributed by atoms with van der Waals surface area (Å²) in [6, 6.07) is 0.424. The van der Waals surface area contributed by atoms with Gasteiger partial charge in [0.05, 0.1) is 12.4 Å². The smallest absolute Gasteiger partial charge is 0.167 e. The second kappa shape index (κ2) is 5.70. The van der Waals surface area contributed by atoms with Gasteiger partial charge in [0.1, 0.15) is 18.5 Å². The zero-order valence-corrected chi connectivity index (χ0v) is 13.0. The van der Waals surface area contributed by atoms with Gasteiger partial charge in [-0.2, -0.15) is 0 Å². The number of nitrogens with zero attached hydrogens (tertiary/aromatic N) is 4. The van der Waals surface area contributed by atoms with Crippen molar-refractivity contribution in [2.45, 2.75) is 63.2 Å². The number of anilines is 1. The topological polar surface area (TPSA) is 105 Å². The molecule has 0 amide bonds. The van der Waals surface area contributed by atoms with Crippen molar-refractivity contribution in [1.29, 1.82) is 0 Å². The van der Waals surface area contributed by atoms with Crippen LogP contribution in [0.5, 0.6) is 0 Å². The fourth-order valence-corrected chi connectivity index (χ4v) is 3.46. The van der Waals surface area contributed by atoms with Gasteiger partial charge in [0, 0.05) is 6.04 Å². The van der Waals surface area contributed by atoms with Crippen LogP contribution >= 0.6 is 0 Å². The first-order chi connectivity index (χ1) is 11.1. The number of fused-ring (bicyclic) bond motifs is 1. The minimum Gasteiger partial charge on any atom is -0.388 e. The van der Waals surface area contributed by atoms with E-state index in [0.717, 1.165) is 12.8 Å². The molecule has 3 heterocycles. The lowest BCUT2D eigenvalue weighted by atomic mass is 10.1. The van der Waals surface area contributed by atoms with Gasteiger partial charge in [-0.3, -0.25) is 4.57 Å². The molecule has 1 aliphatic carbocycles. The summed E-state index contributed by atoms with van der Waals surface area (Å²) < 4.78 is 7.31. The molecule has 4 atom stereocenters. The molecular formula is C15H21N5O3. The van der Waals surface area contributed by atoms with E-state index in [9.17, 15) is 10.2 Å². The molecule has 1 aliphatic heterocycles. The number of hydrogen-bond acceptors (Lipinski definition) is 7. The first-order valence-corrected chi connectivity index (χ1v) is 8.11. The highest BCUT2D eigenvalue weighted by atomic mass is 16.6. The summed E-state index contributed by atoms with van der Waals surface area (Å²) in [5.74, 6) is 0.710. The van der Waals surface area contributed by atoms with Crippen LogP contribution in [0.2, 0.25) is 0 Å². The molecule has 0 aromatic carbocycles. The van der Waals surface area contributed by atoms with E-state index in [2.05, 4.69) is 20.3 Å². The molecule has 0 radical (unpaired) electrons. The Morgan fingerprint density at radius 1 is 1.17 bits per heavy atom. The van der Waals surface area contributed by atoms with Crippen LogP contribution in [0.3, 0.4) is 0 Å². The van der Waals surface area contributed by atoms with Gasteiger partial charge in [-0.05, 0) is 19.8 Å². The maximum absolute atomic E-state index is 10.2. The molecule has 0 bridgehead atoms. The van der Waals surface area contributed by atoms with Crippen LogP contribution in [-0.4, -0.2) is 54.1 Å². The molecular weight excluding hydrogens is 298 g/mol. The number of aliphatic hydroxyl groups is 2. The highest BCUT2D eigenvalue weighted by Crippen LogP contribution is 2.32. The molecule has 0 spiro atoms. The van der Waals surface area contributed by atoms with Gasteiger partial charge in [-0.25, -0.2) is 15.0 Å². The van der Waals surface area contributed by atoms with Gasteiger partial charge in [0.25, 0.3) is 0 Å². The van der Waals surface area contributed by atoms with Crippen LogP contribution in [0.1, 0.15) is 38.8 Å². The molecule has 8 nitrogen and oxygen atoms in total. The van der Waals surface area contributed by atoms with Gasteiger partial charge >= 0.3 is 0 Å². The fourth-order valence-electron chi connectivity index (χ4n) is 3.46. The molecule has 2 aromatic heterocycles. The maximum Gasteiger partial charge on any atom is 0.167 e. The minimum atomic E-state index is -1.01. The number of imidazole rings is 1. The van der Waals surface area contributed by atoms with Gasteiger partial charge in [0.15, 0.2) is 23.2 Å². The average Bonchev–Trinajstić information content (AvgIpc) is 3.25. The molecule has 23 heavy (non-hydrogen) atoms. The monoisotopic (exact) mass is 319 g/mol.